The van der Waals surface area contributed by atoms with Crippen molar-refractivity contribution in [3.8, 4) is 5.75 Å². The molecule has 0 amide bonds. The molecule has 2 heteroatoms. The van der Waals surface area contributed by atoms with Gasteiger partial charge in [-0.25, -0.2) is 0 Å². The van der Waals surface area contributed by atoms with Crippen LogP contribution in [0.2, 0.25) is 0 Å². The highest BCUT2D eigenvalue weighted by molar-refractivity contribution is 5.31. The van der Waals surface area contributed by atoms with Crippen molar-refractivity contribution in [1.82, 2.24) is 0 Å². The molecule has 2 atom stereocenters. The quantitative estimate of drug-likeness (QED) is 0.824. The molecule has 0 radical (unpaired) electrons. The molecule has 0 aliphatic heterocycles. The van der Waals surface area contributed by atoms with E-state index in [0.29, 0.717) is 0 Å². The molecule has 1 rings (SSSR count). The standard InChI is InChI=1S/C13H20O2/c1-9(2)13(14)10(3)11-6-5-7-12(8-11)15-4/h5-10,13-14H,1-4H3. The number of aliphatic hydroxyl groups is 1. The van der Waals surface area contributed by atoms with Gasteiger partial charge in [0.05, 0.1) is 13.2 Å². The number of methoxy groups -OCH3 is 1. The van der Waals surface area contributed by atoms with Crippen molar-refractivity contribution < 1.29 is 9.84 Å². The van der Waals surface area contributed by atoms with Crippen LogP contribution in [0, 0.1) is 5.92 Å². The van der Waals surface area contributed by atoms with E-state index in [9.17, 15) is 5.11 Å². The Labute approximate surface area is 91.9 Å². The largest absolute Gasteiger partial charge is 0.497 e. The van der Waals surface area contributed by atoms with E-state index in [1.54, 1.807) is 7.11 Å². The minimum atomic E-state index is -0.308. The van der Waals surface area contributed by atoms with Crippen molar-refractivity contribution in [1.29, 1.82) is 0 Å². The van der Waals surface area contributed by atoms with Crippen LogP contribution in [-0.2, 0) is 0 Å². The lowest BCUT2D eigenvalue weighted by molar-refractivity contribution is 0.102. The lowest BCUT2D eigenvalue weighted by atomic mass is 9.89. The number of aliphatic hydroxyl groups excluding tert-OH is 1. The maximum Gasteiger partial charge on any atom is 0.119 e. The molecule has 0 fully saturated rings. The third-order valence-electron chi connectivity index (χ3n) is 2.81. The maximum atomic E-state index is 9.97. The number of rotatable bonds is 4. The van der Waals surface area contributed by atoms with Crippen molar-refractivity contribution in [2.45, 2.75) is 32.8 Å². The smallest absolute Gasteiger partial charge is 0.119 e. The molecule has 0 aliphatic carbocycles. The molecule has 0 bridgehead atoms. The van der Waals surface area contributed by atoms with Gasteiger partial charge in [0.25, 0.3) is 0 Å². The highest BCUT2D eigenvalue weighted by atomic mass is 16.5. The molecule has 0 aliphatic rings. The Bertz CT molecular complexity index is 307. The van der Waals surface area contributed by atoms with E-state index in [1.165, 1.54) is 0 Å². The first-order chi connectivity index (χ1) is 7.06. The molecule has 0 aromatic heterocycles. The molecular formula is C13H20O2. The zero-order chi connectivity index (χ0) is 11.4. The van der Waals surface area contributed by atoms with Gasteiger partial charge in [-0.15, -0.1) is 0 Å². The van der Waals surface area contributed by atoms with E-state index in [1.807, 2.05) is 45.0 Å². The Morgan fingerprint density at radius 3 is 2.40 bits per heavy atom. The van der Waals surface area contributed by atoms with Crippen LogP contribution in [0.4, 0.5) is 0 Å². The van der Waals surface area contributed by atoms with Crippen LogP contribution in [0.1, 0.15) is 32.3 Å². The maximum absolute atomic E-state index is 9.97. The fourth-order valence-electron chi connectivity index (χ4n) is 1.70. The average Bonchev–Trinajstić information content (AvgIpc) is 2.27. The third kappa shape index (κ3) is 2.96. The Morgan fingerprint density at radius 2 is 1.87 bits per heavy atom. The molecule has 0 saturated carbocycles. The van der Waals surface area contributed by atoms with Gasteiger partial charge in [0.1, 0.15) is 5.75 Å². The summed E-state index contributed by atoms with van der Waals surface area (Å²) < 4.78 is 5.16. The van der Waals surface area contributed by atoms with E-state index in [4.69, 9.17) is 4.74 Å². The Hall–Kier alpha value is -1.02. The number of benzene rings is 1. The normalized spacial score (nSPS) is 15.1. The van der Waals surface area contributed by atoms with Gasteiger partial charge in [0, 0.05) is 5.92 Å². The lowest BCUT2D eigenvalue weighted by Crippen LogP contribution is -2.21. The van der Waals surface area contributed by atoms with Crippen LogP contribution in [-0.4, -0.2) is 18.3 Å². The minimum Gasteiger partial charge on any atom is -0.497 e. The van der Waals surface area contributed by atoms with Gasteiger partial charge < -0.3 is 9.84 Å². The lowest BCUT2D eigenvalue weighted by Gasteiger charge is -2.22. The summed E-state index contributed by atoms with van der Waals surface area (Å²) >= 11 is 0. The van der Waals surface area contributed by atoms with Crippen LogP contribution in [0.25, 0.3) is 0 Å². The summed E-state index contributed by atoms with van der Waals surface area (Å²) in [6.45, 7) is 6.10. The zero-order valence-corrected chi connectivity index (χ0v) is 9.90. The number of hydrogen-bond donors (Lipinski definition) is 1. The first-order valence-corrected chi connectivity index (χ1v) is 5.38. The third-order valence-corrected chi connectivity index (χ3v) is 2.81. The molecular weight excluding hydrogens is 188 g/mol. The van der Waals surface area contributed by atoms with E-state index in [2.05, 4.69) is 0 Å². The molecule has 2 unspecified atom stereocenters. The van der Waals surface area contributed by atoms with Crippen molar-refractivity contribution in [3.05, 3.63) is 29.8 Å². The highest BCUT2D eigenvalue weighted by Gasteiger charge is 2.19. The fourth-order valence-corrected chi connectivity index (χ4v) is 1.70. The topological polar surface area (TPSA) is 29.5 Å². The SMILES string of the molecule is COc1cccc(C(C)C(O)C(C)C)c1. The zero-order valence-electron chi connectivity index (χ0n) is 9.90. The molecule has 84 valence electrons. The predicted octanol–water partition coefficient (Wildman–Crippen LogP) is 2.82. The molecule has 1 aromatic carbocycles. The second-order valence-corrected chi connectivity index (χ2v) is 4.30. The molecule has 2 nitrogen and oxygen atoms in total. The predicted molar refractivity (Wildman–Crippen MR) is 62.3 cm³/mol. The van der Waals surface area contributed by atoms with Crippen LogP contribution in [0.5, 0.6) is 5.75 Å². The van der Waals surface area contributed by atoms with Gasteiger partial charge in [-0.05, 0) is 23.6 Å². The molecule has 15 heavy (non-hydrogen) atoms. The van der Waals surface area contributed by atoms with Gasteiger partial charge in [-0.3, -0.25) is 0 Å². The summed E-state index contributed by atoms with van der Waals surface area (Å²) in [7, 11) is 1.66. The van der Waals surface area contributed by atoms with Crippen LogP contribution >= 0.6 is 0 Å². The van der Waals surface area contributed by atoms with Crippen molar-refractivity contribution >= 4 is 0 Å². The first-order valence-electron chi connectivity index (χ1n) is 5.38. The van der Waals surface area contributed by atoms with Crippen LogP contribution in [0.3, 0.4) is 0 Å². The minimum absolute atomic E-state index is 0.139. The van der Waals surface area contributed by atoms with Gasteiger partial charge in [0.2, 0.25) is 0 Å². The molecule has 0 saturated heterocycles. The summed E-state index contributed by atoms with van der Waals surface area (Å²) in [5.74, 6) is 1.25. The Morgan fingerprint density at radius 1 is 1.20 bits per heavy atom. The summed E-state index contributed by atoms with van der Waals surface area (Å²) in [5, 5.41) is 9.97. The second kappa shape index (κ2) is 5.17. The molecule has 1 aromatic rings. The number of ether oxygens (including phenoxy) is 1. The highest BCUT2D eigenvalue weighted by Crippen LogP contribution is 2.26. The number of hydrogen-bond acceptors (Lipinski definition) is 2. The second-order valence-electron chi connectivity index (χ2n) is 4.30. The van der Waals surface area contributed by atoms with Crippen LogP contribution < -0.4 is 4.74 Å². The summed E-state index contributed by atoms with van der Waals surface area (Å²) in [4.78, 5) is 0. The molecule has 1 N–H and O–H groups in total. The van der Waals surface area contributed by atoms with E-state index in [0.717, 1.165) is 11.3 Å². The van der Waals surface area contributed by atoms with Crippen LogP contribution in [0.15, 0.2) is 24.3 Å². The van der Waals surface area contributed by atoms with Gasteiger partial charge in [-0.2, -0.15) is 0 Å². The average molecular weight is 208 g/mol. The van der Waals surface area contributed by atoms with Gasteiger partial charge in [-0.1, -0.05) is 32.9 Å². The van der Waals surface area contributed by atoms with Crippen molar-refractivity contribution in [2.24, 2.45) is 5.92 Å². The summed E-state index contributed by atoms with van der Waals surface area (Å²) in [5.41, 5.74) is 1.12. The molecule has 0 spiro atoms. The van der Waals surface area contributed by atoms with Crippen molar-refractivity contribution in [2.75, 3.05) is 7.11 Å². The van der Waals surface area contributed by atoms with E-state index >= 15 is 0 Å². The Kier molecular flexibility index (Phi) is 4.15. The van der Waals surface area contributed by atoms with Gasteiger partial charge in [0.15, 0.2) is 0 Å². The monoisotopic (exact) mass is 208 g/mol. The van der Waals surface area contributed by atoms with Gasteiger partial charge >= 0.3 is 0 Å². The fraction of sp³-hybridized carbons (Fsp3) is 0.538. The van der Waals surface area contributed by atoms with E-state index in [-0.39, 0.29) is 17.9 Å². The molecule has 0 heterocycles. The summed E-state index contributed by atoms with van der Waals surface area (Å²) in [6, 6.07) is 7.88. The summed E-state index contributed by atoms with van der Waals surface area (Å²) in [6.07, 6.45) is -0.308. The van der Waals surface area contributed by atoms with Crippen molar-refractivity contribution in [3.63, 3.8) is 0 Å². The van der Waals surface area contributed by atoms with E-state index < -0.39 is 0 Å². The Balaban J connectivity index is 2.85. The first kappa shape index (κ1) is 12.1.